The molecule has 0 amide bonds. The van der Waals surface area contributed by atoms with Gasteiger partial charge in [0.25, 0.3) is 0 Å². The van der Waals surface area contributed by atoms with E-state index in [0.717, 1.165) is 36.5 Å². The van der Waals surface area contributed by atoms with E-state index >= 15 is 0 Å². The Balaban J connectivity index is 1.70. The van der Waals surface area contributed by atoms with Crippen LogP contribution >= 0.6 is 0 Å². The van der Waals surface area contributed by atoms with Gasteiger partial charge in [0.1, 0.15) is 5.75 Å². The molecular formula is C22H28O2S. The van der Waals surface area contributed by atoms with Crippen molar-refractivity contribution in [1.82, 2.24) is 0 Å². The number of hydrogen-bond acceptors (Lipinski definition) is 2. The molecule has 0 radical (unpaired) electrons. The zero-order valence-corrected chi connectivity index (χ0v) is 16.5. The predicted molar refractivity (Wildman–Crippen MR) is 107 cm³/mol. The first-order valence-electron chi connectivity index (χ1n) is 8.82. The first kappa shape index (κ1) is 19.5. The van der Waals surface area contributed by atoms with Crippen LogP contribution in [0.4, 0.5) is 0 Å². The van der Waals surface area contributed by atoms with Gasteiger partial charge in [-0.3, -0.25) is 0 Å². The number of aryl methyl sites for hydroxylation is 4. The molecule has 0 saturated heterocycles. The quantitative estimate of drug-likeness (QED) is 0.560. The Morgan fingerprint density at radius 2 is 1.56 bits per heavy atom. The van der Waals surface area contributed by atoms with Gasteiger partial charge < -0.3 is 4.74 Å². The molecule has 134 valence electrons. The summed E-state index contributed by atoms with van der Waals surface area (Å²) in [5, 5.41) is 1.79. The highest BCUT2D eigenvalue weighted by Crippen LogP contribution is 2.24. The summed E-state index contributed by atoms with van der Waals surface area (Å²) >= 11 is 0. The second-order valence-electron chi connectivity index (χ2n) is 6.55. The summed E-state index contributed by atoms with van der Waals surface area (Å²) in [7, 11) is -1.05. The van der Waals surface area contributed by atoms with Crippen LogP contribution in [0.25, 0.3) is 0 Å². The maximum absolute atomic E-state index is 12.1. The van der Waals surface area contributed by atoms with Crippen LogP contribution in [0.1, 0.15) is 41.5 Å². The van der Waals surface area contributed by atoms with Gasteiger partial charge in [-0.25, -0.2) is 4.21 Å². The van der Waals surface area contributed by atoms with Crippen molar-refractivity contribution in [2.45, 2.75) is 51.9 Å². The van der Waals surface area contributed by atoms with Crippen molar-refractivity contribution in [3.8, 4) is 5.75 Å². The van der Waals surface area contributed by atoms with Crippen molar-refractivity contribution in [3.05, 3.63) is 70.1 Å². The third-order valence-corrected chi connectivity index (χ3v) is 5.27. The van der Waals surface area contributed by atoms with E-state index in [2.05, 4.69) is 32.9 Å². The average molecular weight is 357 g/mol. The number of rotatable bonds is 8. The summed E-state index contributed by atoms with van der Waals surface area (Å²) in [5.41, 5.74) is 4.86. The molecule has 0 fully saturated rings. The van der Waals surface area contributed by atoms with Crippen molar-refractivity contribution >= 4 is 10.8 Å². The second-order valence-corrected chi connectivity index (χ2v) is 7.89. The third kappa shape index (κ3) is 6.17. The van der Waals surface area contributed by atoms with Gasteiger partial charge >= 0.3 is 0 Å². The first-order valence-corrected chi connectivity index (χ1v) is 10.0. The second kappa shape index (κ2) is 9.57. The number of ether oxygens (including phenoxy) is 1. The number of hydrogen-bond donors (Lipinski definition) is 0. The van der Waals surface area contributed by atoms with Crippen molar-refractivity contribution in [1.29, 1.82) is 0 Å². The van der Waals surface area contributed by atoms with Crippen LogP contribution in [-0.4, -0.2) is 10.8 Å². The fourth-order valence-corrected chi connectivity index (χ4v) is 3.71. The highest BCUT2D eigenvalue weighted by molar-refractivity contribution is 7.88. The fraction of sp³-hybridized carbons (Fsp3) is 0.364. The van der Waals surface area contributed by atoms with Crippen LogP contribution in [0.2, 0.25) is 0 Å². The molecule has 0 aliphatic carbocycles. The number of unbranched alkanes of at least 4 members (excludes halogenated alkanes) is 2. The van der Waals surface area contributed by atoms with Crippen LogP contribution in [0.3, 0.4) is 0 Å². The van der Waals surface area contributed by atoms with Crippen LogP contribution in [0.5, 0.6) is 5.75 Å². The summed E-state index contributed by atoms with van der Waals surface area (Å²) in [6.07, 6.45) is 4.96. The predicted octanol–water partition coefficient (Wildman–Crippen LogP) is 5.79. The highest BCUT2D eigenvalue weighted by Gasteiger charge is 2.04. The zero-order chi connectivity index (χ0) is 18.2. The first-order chi connectivity index (χ1) is 12.0. The topological polar surface area (TPSA) is 26.3 Å². The Kier molecular flexibility index (Phi) is 7.45. The van der Waals surface area contributed by atoms with Gasteiger partial charge in [0.15, 0.2) is 0 Å². The van der Waals surface area contributed by atoms with Crippen molar-refractivity contribution < 1.29 is 8.95 Å². The Morgan fingerprint density at radius 1 is 0.920 bits per heavy atom. The summed E-state index contributed by atoms with van der Waals surface area (Å²) in [6, 6.07) is 12.2. The standard InChI is InChI=1S/C22H28O2S/c1-17-9-11-21(12-10-17)25(23)14-8-6-5-7-13-24-22-19(3)15-18(2)16-20(22)4/h8-12,14-16H,5-7,13H2,1-4H3/b14-8+. The monoisotopic (exact) mass is 356 g/mol. The molecule has 0 N–H and O–H groups in total. The Labute approximate surface area is 154 Å². The zero-order valence-electron chi connectivity index (χ0n) is 15.7. The Morgan fingerprint density at radius 3 is 2.20 bits per heavy atom. The lowest BCUT2D eigenvalue weighted by molar-refractivity contribution is 0.303. The minimum absolute atomic E-state index is 0.722. The van der Waals surface area contributed by atoms with Crippen molar-refractivity contribution in [2.75, 3.05) is 6.61 Å². The van der Waals surface area contributed by atoms with Gasteiger partial charge in [0, 0.05) is 10.3 Å². The van der Waals surface area contributed by atoms with Crippen molar-refractivity contribution in [3.63, 3.8) is 0 Å². The average Bonchev–Trinajstić information content (AvgIpc) is 2.56. The van der Waals surface area contributed by atoms with Gasteiger partial charge in [0.2, 0.25) is 0 Å². The smallest absolute Gasteiger partial charge is 0.125 e. The van der Waals surface area contributed by atoms with E-state index in [1.807, 2.05) is 37.3 Å². The molecular weight excluding hydrogens is 328 g/mol. The summed E-state index contributed by atoms with van der Waals surface area (Å²) in [4.78, 5) is 0.857. The van der Waals surface area contributed by atoms with Gasteiger partial charge in [0.05, 0.1) is 17.4 Å². The minimum Gasteiger partial charge on any atom is -0.493 e. The summed E-state index contributed by atoms with van der Waals surface area (Å²) < 4.78 is 18.1. The van der Waals surface area contributed by atoms with Gasteiger partial charge in [-0.05, 0) is 70.2 Å². The van der Waals surface area contributed by atoms with Crippen LogP contribution in [-0.2, 0) is 10.8 Å². The van der Waals surface area contributed by atoms with Crippen LogP contribution in [0, 0.1) is 27.7 Å². The molecule has 0 heterocycles. The van der Waals surface area contributed by atoms with E-state index in [-0.39, 0.29) is 0 Å². The molecule has 25 heavy (non-hydrogen) atoms. The van der Waals surface area contributed by atoms with Crippen LogP contribution < -0.4 is 4.74 Å². The lowest BCUT2D eigenvalue weighted by Gasteiger charge is -2.12. The molecule has 0 saturated carbocycles. The molecule has 0 spiro atoms. The maximum atomic E-state index is 12.1. The number of allylic oxidation sites excluding steroid dienone is 1. The van der Waals surface area contributed by atoms with E-state index in [0.29, 0.717) is 0 Å². The van der Waals surface area contributed by atoms with Crippen molar-refractivity contribution in [2.24, 2.45) is 0 Å². The van der Waals surface area contributed by atoms with E-state index in [4.69, 9.17) is 4.74 Å². The normalized spacial score (nSPS) is 12.5. The molecule has 2 rings (SSSR count). The summed E-state index contributed by atoms with van der Waals surface area (Å²) in [6.45, 7) is 9.05. The molecule has 0 bridgehead atoms. The molecule has 1 atom stereocenters. The maximum Gasteiger partial charge on any atom is 0.125 e. The molecule has 2 aromatic carbocycles. The van der Waals surface area contributed by atoms with Crippen LogP contribution in [0.15, 0.2) is 52.8 Å². The SMILES string of the molecule is Cc1ccc(S(=O)/C=C/CCCCOc2c(C)cc(C)cc2C)cc1. The Hall–Kier alpha value is -1.87. The van der Waals surface area contributed by atoms with E-state index in [9.17, 15) is 4.21 Å². The summed E-state index contributed by atoms with van der Waals surface area (Å²) in [5.74, 6) is 1.02. The Bertz CT molecular complexity index is 722. The number of benzene rings is 2. The largest absolute Gasteiger partial charge is 0.493 e. The van der Waals surface area contributed by atoms with E-state index < -0.39 is 10.8 Å². The van der Waals surface area contributed by atoms with Gasteiger partial charge in [-0.1, -0.05) is 41.5 Å². The fourth-order valence-electron chi connectivity index (χ4n) is 2.84. The highest BCUT2D eigenvalue weighted by atomic mass is 32.2. The lowest BCUT2D eigenvalue weighted by atomic mass is 10.1. The molecule has 3 heteroatoms. The van der Waals surface area contributed by atoms with Gasteiger partial charge in [-0.15, -0.1) is 0 Å². The lowest BCUT2D eigenvalue weighted by Crippen LogP contribution is -2.01. The van der Waals surface area contributed by atoms with E-state index in [1.165, 1.54) is 22.3 Å². The molecule has 0 aliphatic heterocycles. The third-order valence-electron chi connectivity index (χ3n) is 4.09. The molecule has 1 unspecified atom stereocenters. The van der Waals surface area contributed by atoms with Gasteiger partial charge in [-0.2, -0.15) is 0 Å². The molecule has 0 aromatic heterocycles. The minimum atomic E-state index is -1.05. The molecule has 2 aromatic rings. The molecule has 2 nitrogen and oxygen atoms in total. The van der Waals surface area contributed by atoms with E-state index in [1.54, 1.807) is 5.41 Å². The molecule has 0 aliphatic rings.